The average molecular weight is 249 g/mol. The van der Waals surface area contributed by atoms with Gasteiger partial charge in [-0.3, -0.25) is 0 Å². The van der Waals surface area contributed by atoms with Gasteiger partial charge in [0, 0.05) is 5.33 Å². The zero-order valence-electron chi connectivity index (χ0n) is 8.43. The predicted octanol–water partition coefficient (Wildman–Crippen LogP) is 3.90. The molecule has 0 aromatic carbocycles. The standard InChI is InChI=1S/C11H21BrO/c12-9-10-13-11-7-5-3-1-2-4-6-8-11/h11H,1-10H2. The molecule has 0 amide bonds. The zero-order valence-corrected chi connectivity index (χ0v) is 10.0. The van der Waals surface area contributed by atoms with Crippen LogP contribution in [0.25, 0.3) is 0 Å². The van der Waals surface area contributed by atoms with Gasteiger partial charge in [-0.1, -0.05) is 54.5 Å². The van der Waals surface area contributed by atoms with E-state index in [9.17, 15) is 0 Å². The summed E-state index contributed by atoms with van der Waals surface area (Å²) in [5, 5.41) is 0.976. The van der Waals surface area contributed by atoms with E-state index in [4.69, 9.17) is 4.74 Å². The molecule has 0 bridgehead atoms. The first-order valence-corrected chi connectivity index (χ1v) is 6.73. The Morgan fingerprint density at radius 2 is 1.46 bits per heavy atom. The van der Waals surface area contributed by atoms with Crippen LogP contribution in [-0.4, -0.2) is 18.0 Å². The Morgan fingerprint density at radius 1 is 0.923 bits per heavy atom. The van der Waals surface area contributed by atoms with E-state index >= 15 is 0 Å². The highest BCUT2D eigenvalue weighted by Crippen LogP contribution is 2.19. The fourth-order valence-corrected chi connectivity index (χ4v) is 2.16. The third-order valence-corrected chi connectivity index (χ3v) is 3.06. The van der Waals surface area contributed by atoms with Crippen molar-refractivity contribution in [3.05, 3.63) is 0 Å². The second-order valence-corrected chi connectivity index (χ2v) is 4.67. The number of alkyl halides is 1. The number of rotatable bonds is 3. The maximum absolute atomic E-state index is 5.78. The molecule has 0 aliphatic heterocycles. The van der Waals surface area contributed by atoms with E-state index in [1.165, 1.54) is 51.4 Å². The van der Waals surface area contributed by atoms with Crippen molar-refractivity contribution in [2.75, 3.05) is 11.9 Å². The number of hydrogen-bond donors (Lipinski definition) is 0. The zero-order chi connectivity index (χ0) is 9.36. The van der Waals surface area contributed by atoms with Crippen molar-refractivity contribution < 1.29 is 4.74 Å². The molecule has 0 heterocycles. The van der Waals surface area contributed by atoms with Crippen LogP contribution in [0.2, 0.25) is 0 Å². The first kappa shape index (κ1) is 11.5. The molecule has 1 rings (SSSR count). The smallest absolute Gasteiger partial charge is 0.0575 e. The van der Waals surface area contributed by atoms with E-state index in [1.807, 2.05) is 0 Å². The molecule has 13 heavy (non-hydrogen) atoms. The number of ether oxygens (including phenoxy) is 1. The van der Waals surface area contributed by atoms with Gasteiger partial charge in [0.15, 0.2) is 0 Å². The van der Waals surface area contributed by atoms with Crippen molar-refractivity contribution in [2.24, 2.45) is 0 Å². The lowest BCUT2D eigenvalue weighted by Crippen LogP contribution is -2.14. The molecular weight excluding hydrogens is 228 g/mol. The lowest BCUT2D eigenvalue weighted by Gasteiger charge is -2.15. The molecule has 1 fully saturated rings. The van der Waals surface area contributed by atoms with Gasteiger partial charge < -0.3 is 4.74 Å². The van der Waals surface area contributed by atoms with Crippen LogP contribution in [0.3, 0.4) is 0 Å². The maximum atomic E-state index is 5.78. The third-order valence-electron chi connectivity index (χ3n) is 2.73. The van der Waals surface area contributed by atoms with Crippen LogP contribution >= 0.6 is 15.9 Å². The Balaban J connectivity index is 2.16. The van der Waals surface area contributed by atoms with E-state index in [-0.39, 0.29) is 0 Å². The molecule has 0 atom stereocenters. The fourth-order valence-electron chi connectivity index (χ4n) is 1.97. The second kappa shape index (κ2) is 7.81. The molecule has 1 aliphatic carbocycles. The van der Waals surface area contributed by atoms with E-state index < -0.39 is 0 Å². The summed E-state index contributed by atoms with van der Waals surface area (Å²) in [4.78, 5) is 0. The Kier molecular flexibility index (Phi) is 6.92. The summed E-state index contributed by atoms with van der Waals surface area (Å²) in [6, 6.07) is 0. The lowest BCUT2D eigenvalue weighted by molar-refractivity contribution is 0.0506. The third kappa shape index (κ3) is 5.69. The Hall–Kier alpha value is 0.440. The molecule has 2 heteroatoms. The minimum Gasteiger partial charge on any atom is -0.377 e. The maximum Gasteiger partial charge on any atom is 0.0575 e. The molecule has 78 valence electrons. The lowest BCUT2D eigenvalue weighted by atomic mass is 10.1. The van der Waals surface area contributed by atoms with Crippen LogP contribution in [0.4, 0.5) is 0 Å². The molecule has 1 aliphatic rings. The van der Waals surface area contributed by atoms with E-state index in [1.54, 1.807) is 0 Å². The second-order valence-electron chi connectivity index (χ2n) is 3.88. The molecule has 0 aromatic heterocycles. The Bertz CT molecular complexity index is 107. The summed E-state index contributed by atoms with van der Waals surface area (Å²) >= 11 is 3.40. The summed E-state index contributed by atoms with van der Waals surface area (Å²) < 4.78 is 5.78. The van der Waals surface area contributed by atoms with Crippen molar-refractivity contribution in [2.45, 2.75) is 57.5 Å². The summed E-state index contributed by atoms with van der Waals surface area (Å²) in [6.45, 7) is 0.880. The SMILES string of the molecule is BrCCOC1CCCCCCCC1. The first-order valence-electron chi connectivity index (χ1n) is 5.61. The number of halogens is 1. The van der Waals surface area contributed by atoms with Crippen LogP contribution in [-0.2, 0) is 4.74 Å². The molecule has 0 unspecified atom stereocenters. The summed E-state index contributed by atoms with van der Waals surface area (Å²) in [5.74, 6) is 0. The highest BCUT2D eigenvalue weighted by atomic mass is 79.9. The largest absolute Gasteiger partial charge is 0.377 e. The molecule has 0 saturated heterocycles. The van der Waals surface area contributed by atoms with E-state index in [0.29, 0.717) is 6.10 Å². The van der Waals surface area contributed by atoms with Crippen LogP contribution in [0.15, 0.2) is 0 Å². The fraction of sp³-hybridized carbons (Fsp3) is 1.00. The summed E-state index contributed by atoms with van der Waals surface area (Å²) in [5.41, 5.74) is 0. The molecule has 0 N–H and O–H groups in total. The van der Waals surface area contributed by atoms with Gasteiger partial charge in [0.2, 0.25) is 0 Å². The van der Waals surface area contributed by atoms with Crippen molar-refractivity contribution in [1.29, 1.82) is 0 Å². The Labute approximate surface area is 90.4 Å². The highest BCUT2D eigenvalue weighted by Gasteiger charge is 2.09. The van der Waals surface area contributed by atoms with Crippen molar-refractivity contribution in [1.82, 2.24) is 0 Å². The molecule has 1 nitrogen and oxygen atoms in total. The van der Waals surface area contributed by atoms with Crippen LogP contribution in [0, 0.1) is 0 Å². The topological polar surface area (TPSA) is 9.23 Å². The van der Waals surface area contributed by atoms with Gasteiger partial charge in [0.05, 0.1) is 12.7 Å². The van der Waals surface area contributed by atoms with Gasteiger partial charge in [-0.05, 0) is 12.8 Å². The molecule has 0 spiro atoms. The van der Waals surface area contributed by atoms with Crippen molar-refractivity contribution in [3.8, 4) is 0 Å². The minimum absolute atomic E-state index is 0.552. The molecule has 0 radical (unpaired) electrons. The summed E-state index contributed by atoms with van der Waals surface area (Å²) in [7, 11) is 0. The quantitative estimate of drug-likeness (QED) is 0.689. The van der Waals surface area contributed by atoms with Gasteiger partial charge in [-0.25, -0.2) is 0 Å². The Morgan fingerprint density at radius 3 is 2.00 bits per heavy atom. The van der Waals surface area contributed by atoms with Crippen molar-refractivity contribution in [3.63, 3.8) is 0 Å². The van der Waals surface area contributed by atoms with E-state index in [2.05, 4.69) is 15.9 Å². The molecular formula is C11H21BrO. The highest BCUT2D eigenvalue weighted by molar-refractivity contribution is 9.09. The molecule has 1 saturated carbocycles. The van der Waals surface area contributed by atoms with Gasteiger partial charge >= 0.3 is 0 Å². The van der Waals surface area contributed by atoms with Gasteiger partial charge in [-0.15, -0.1) is 0 Å². The van der Waals surface area contributed by atoms with Crippen LogP contribution < -0.4 is 0 Å². The number of hydrogen-bond acceptors (Lipinski definition) is 1. The molecule has 0 aromatic rings. The minimum atomic E-state index is 0.552. The van der Waals surface area contributed by atoms with Gasteiger partial charge in [0.25, 0.3) is 0 Å². The normalized spacial score (nSPS) is 21.9. The average Bonchev–Trinajstić information content (AvgIpc) is 2.28. The van der Waals surface area contributed by atoms with Gasteiger partial charge in [-0.2, -0.15) is 0 Å². The predicted molar refractivity (Wildman–Crippen MR) is 60.5 cm³/mol. The van der Waals surface area contributed by atoms with Crippen LogP contribution in [0.5, 0.6) is 0 Å². The van der Waals surface area contributed by atoms with E-state index in [0.717, 1.165) is 11.9 Å². The monoisotopic (exact) mass is 248 g/mol. The van der Waals surface area contributed by atoms with Crippen molar-refractivity contribution >= 4 is 15.9 Å². The first-order chi connectivity index (χ1) is 6.43. The van der Waals surface area contributed by atoms with Crippen LogP contribution in [0.1, 0.15) is 51.4 Å². The van der Waals surface area contributed by atoms with Gasteiger partial charge in [0.1, 0.15) is 0 Å². The summed E-state index contributed by atoms with van der Waals surface area (Å²) in [6.07, 6.45) is 11.6.